The third-order valence-electron chi connectivity index (χ3n) is 8.44. The van der Waals surface area contributed by atoms with E-state index in [1.165, 1.54) is 42.1 Å². The molecule has 0 amide bonds. The number of hydrogen-bond donors (Lipinski definition) is 0. The average molecular weight is 556 g/mol. The van der Waals surface area contributed by atoms with E-state index in [1.807, 2.05) is 11.3 Å². The Morgan fingerprint density at radius 3 is 2.26 bits per heavy atom. The monoisotopic (exact) mass is 555 g/mol. The van der Waals surface area contributed by atoms with Crippen molar-refractivity contribution >= 4 is 65.5 Å². The van der Waals surface area contributed by atoms with E-state index in [2.05, 4.69) is 132 Å². The first-order chi connectivity index (χ1) is 20.8. The maximum Gasteiger partial charge on any atom is 0.235 e. The fourth-order valence-corrected chi connectivity index (χ4v) is 7.79. The number of nitrogens with zero attached hydrogens (tertiary/aromatic N) is 3. The number of rotatable bonds is 3. The molecule has 198 valence electrons. The normalized spacial score (nSPS) is 13.0. The molecule has 4 heteroatoms. The van der Waals surface area contributed by atoms with Crippen LogP contribution >= 0.6 is 11.3 Å². The van der Waals surface area contributed by atoms with Crippen LogP contribution in [0.5, 0.6) is 0 Å². The van der Waals surface area contributed by atoms with E-state index < -0.39 is 0 Å². The molecule has 0 saturated carbocycles. The van der Waals surface area contributed by atoms with Gasteiger partial charge in [-0.1, -0.05) is 103 Å². The maximum atomic E-state index is 5.36. The number of aromatic nitrogens is 3. The third-order valence-corrected chi connectivity index (χ3v) is 9.64. The summed E-state index contributed by atoms with van der Waals surface area (Å²) in [5.74, 6) is 0.715. The number of fused-ring (bicyclic) bond motifs is 8. The molecule has 8 aromatic rings. The lowest BCUT2D eigenvalue weighted by molar-refractivity contribution is 0.949. The van der Waals surface area contributed by atoms with Crippen molar-refractivity contribution in [2.75, 3.05) is 0 Å². The Morgan fingerprint density at radius 2 is 1.33 bits per heavy atom. The molecule has 0 N–H and O–H groups in total. The minimum absolute atomic E-state index is 0.715. The molecule has 0 fully saturated rings. The van der Waals surface area contributed by atoms with Crippen molar-refractivity contribution in [3.8, 4) is 28.3 Å². The highest BCUT2D eigenvalue weighted by molar-refractivity contribution is 7.26. The van der Waals surface area contributed by atoms with Crippen molar-refractivity contribution in [2.24, 2.45) is 0 Å². The van der Waals surface area contributed by atoms with Gasteiger partial charge in [0.15, 0.2) is 0 Å². The van der Waals surface area contributed by atoms with Gasteiger partial charge in [0, 0.05) is 41.7 Å². The minimum Gasteiger partial charge on any atom is -0.278 e. The van der Waals surface area contributed by atoms with E-state index in [0.717, 1.165) is 45.7 Å². The van der Waals surface area contributed by atoms with Crippen LogP contribution in [0.1, 0.15) is 12.8 Å². The van der Waals surface area contributed by atoms with Crippen LogP contribution in [-0.4, -0.2) is 14.5 Å². The fourth-order valence-electron chi connectivity index (χ4n) is 6.53. The number of thiophene rings is 1. The molecule has 0 bridgehead atoms. The molecular weight excluding hydrogens is 531 g/mol. The van der Waals surface area contributed by atoms with Crippen LogP contribution in [-0.2, 0) is 0 Å². The second kappa shape index (κ2) is 9.23. The van der Waals surface area contributed by atoms with Gasteiger partial charge < -0.3 is 0 Å². The third kappa shape index (κ3) is 3.52. The maximum absolute atomic E-state index is 5.36. The summed E-state index contributed by atoms with van der Waals surface area (Å²) in [7, 11) is 0. The van der Waals surface area contributed by atoms with Crippen LogP contribution in [0.3, 0.4) is 0 Å². The zero-order valence-electron chi connectivity index (χ0n) is 22.8. The quantitative estimate of drug-likeness (QED) is 0.218. The van der Waals surface area contributed by atoms with Gasteiger partial charge in [-0.25, -0.2) is 9.97 Å². The second-order valence-electron chi connectivity index (χ2n) is 10.9. The highest BCUT2D eigenvalue weighted by Gasteiger charge is 2.20. The topological polar surface area (TPSA) is 30.7 Å². The van der Waals surface area contributed by atoms with E-state index in [1.54, 1.807) is 0 Å². The van der Waals surface area contributed by atoms with Gasteiger partial charge in [-0.15, -0.1) is 11.3 Å². The van der Waals surface area contributed by atoms with Crippen molar-refractivity contribution in [3.05, 3.63) is 126 Å². The first-order valence-corrected chi connectivity index (χ1v) is 15.2. The molecule has 0 aliphatic heterocycles. The summed E-state index contributed by atoms with van der Waals surface area (Å²) in [6.45, 7) is 0. The highest BCUT2D eigenvalue weighted by Crippen LogP contribution is 2.42. The van der Waals surface area contributed by atoms with Crippen molar-refractivity contribution in [1.29, 1.82) is 0 Å². The molecule has 3 aromatic heterocycles. The molecular formula is C38H25N3S. The van der Waals surface area contributed by atoms with Crippen molar-refractivity contribution in [2.45, 2.75) is 12.8 Å². The Balaban J connectivity index is 1.35. The molecule has 0 atom stereocenters. The van der Waals surface area contributed by atoms with Gasteiger partial charge in [0.25, 0.3) is 0 Å². The number of benzene rings is 5. The summed E-state index contributed by atoms with van der Waals surface area (Å²) in [6.07, 6.45) is 6.56. The predicted octanol–water partition coefficient (Wildman–Crippen LogP) is 8.63. The van der Waals surface area contributed by atoms with Crippen molar-refractivity contribution < 1.29 is 0 Å². The first kappa shape index (κ1) is 23.6. The van der Waals surface area contributed by atoms with E-state index >= 15 is 0 Å². The Morgan fingerprint density at radius 1 is 0.571 bits per heavy atom. The first-order valence-electron chi connectivity index (χ1n) is 14.4. The molecule has 0 spiro atoms. The standard InChI is InChI=1S/C38H25N3S/c1-2-11-24(12-3-1)25-13-10-14-26(23-25)36-29-16-4-7-18-31(29)39-38(40-36)41-32-19-8-5-17-30(32)35-33(41)22-21-28-27-15-6-9-20-34(27)42-37(28)35/h1-3,5-6,8-23H,4,7H2. The lowest BCUT2D eigenvalue weighted by Crippen LogP contribution is -2.34. The summed E-state index contributed by atoms with van der Waals surface area (Å²) >= 11 is 1.87. The number of hydrogen-bond acceptors (Lipinski definition) is 3. The van der Waals surface area contributed by atoms with Gasteiger partial charge in [-0.2, -0.15) is 0 Å². The largest absolute Gasteiger partial charge is 0.278 e. The van der Waals surface area contributed by atoms with E-state index in [4.69, 9.17) is 9.97 Å². The smallest absolute Gasteiger partial charge is 0.235 e. The zero-order chi connectivity index (χ0) is 27.6. The second-order valence-corrected chi connectivity index (χ2v) is 11.9. The van der Waals surface area contributed by atoms with E-state index in [9.17, 15) is 0 Å². The molecule has 5 aromatic carbocycles. The number of para-hydroxylation sites is 1. The predicted molar refractivity (Wildman–Crippen MR) is 178 cm³/mol. The molecule has 0 radical (unpaired) electrons. The summed E-state index contributed by atoms with van der Waals surface area (Å²) < 4.78 is 4.90. The molecule has 42 heavy (non-hydrogen) atoms. The average Bonchev–Trinajstić information content (AvgIpc) is 3.60. The Kier molecular flexibility index (Phi) is 5.19. The molecule has 3 nitrogen and oxygen atoms in total. The Bertz CT molecular complexity index is 2470. The Hall–Kier alpha value is -5.06. The van der Waals surface area contributed by atoms with Gasteiger partial charge in [-0.3, -0.25) is 4.57 Å². The molecule has 3 heterocycles. The van der Waals surface area contributed by atoms with Gasteiger partial charge >= 0.3 is 0 Å². The molecule has 9 rings (SSSR count). The fraction of sp³-hybridized carbons (Fsp3) is 0.0526. The van der Waals surface area contributed by atoms with Gasteiger partial charge in [0.2, 0.25) is 5.95 Å². The molecule has 0 saturated heterocycles. The van der Waals surface area contributed by atoms with Gasteiger partial charge in [-0.05, 0) is 48.2 Å². The van der Waals surface area contributed by atoms with Crippen molar-refractivity contribution in [3.63, 3.8) is 0 Å². The zero-order valence-corrected chi connectivity index (χ0v) is 23.6. The molecule has 0 unspecified atom stereocenters. The van der Waals surface area contributed by atoms with Crippen LogP contribution in [0, 0.1) is 0 Å². The minimum atomic E-state index is 0.715. The van der Waals surface area contributed by atoms with Crippen LogP contribution in [0.15, 0.2) is 115 Å². The SMILES string of the molecule is C1=c2nc(-n3c4ccccc4c4c5sc6ccccc6c5ccc43)nc(-c3cccc(-c4ccccc4)c3)c2=CCC1. The van der Waals surface area contributed by atoms with Crippen molar-refractivity contribution in [1.82, 2.24) is 14.5 Å². The highest BCUT2D eigenvalue weighted by atomic mass is 32.1. The summed E-state index contributed by atoms with van der Waals surface area (Å²) in [5, 5.41) is 7.26. The van der Waals surface area contributed by atoms with Gasteiger partial charge in [0.1, 0.15) is 0 Å². The lowest BCUT2D eigenvalue weighted by atomic mass is 10.00. The van der Waals surface area contributed by atoms with Gasteiger partial charge in [0.05, 0.1) is 22.1 Å². The van der Waals surface area contributed by atoms with E-state index in [0.29, 0.717) is 5.95 Å². The van der Waals surface area contributed by atoms with Crippen LogP contribution in [0.2, 0.25) is 0 Å². The molecule has 1 aliphatic rings. The van der Waals surface area contributed by atoms with E-state index in [-0.39, 0.29) is 0 Å². The summed E-state index contributed by atoms with van der Waals surface area (Å²) in [6, 6.07) is 41.2. The van der Waals surface area contributed by atoms with Crippen LogP contribution < -0.4 is 10.6 Å². The molecule has 1 aliphatic carbocycles. The summed E-state index contributed by atoms with van der Waals surface area (Å²) in [5.41, 5.74) is 6.74. The summed E-state index contributed by atoms with van der Waals surface area (Å²) in [4.78, 5) is 10.6. The van der Waals surface area contributed by atoms with Crippen LogP contribution in [0.4, 0.5) is 0 Å². The Labute approximate surface area is 246 Å². The van der Waals surface area contributed by atoms with Crippen LogP contribution in [0.25, 0.3) is 82.5 Å². The lowest BCUT2D eigenvalue weighted by Gasteiger charge is -2.12.